The quantitative estimate of drug-likeness (QED) is 0.540. The van der Waals surface area contributed by atoms with Gasteiger partial charge in [-0.15, -0.1) is 0 Å². The first kappa shape index (κ1) is 19.6. The zero-order valence-electron chi connectivity index (χ0n) is 15.5. The van der Waals surface area contributed by atoms with E-state index in [4.69, 9.17) is 0 Å². The molecule has 0 spiro atoms. The monoisotopic (exact) mass is 389 g/mol. The van der Waals surface area contributed by atoms with Gasteiger partial charge >= 0.3 is 0 Å². The molecule has 3 aromatic rings. The van der Waals surface area contributed by atoms with Crippen LogP contribution in [0.2, 0.25) is 0 Å². The van der Waals surface area contributed by atoms with Crippen molar-refractivity contribution in [2.45, 2.75) is 0 Å². The summed E-state index contributed by atoms with van der Waals surface area (Å²) >= 11 is 0. The fraction of sp³-hybridized carbons (Fsp3) is 0.0476. The van der Waals surface area contributed by atoms with Crippen LogP contribution in [0.5, 0.6) is 0 Å². The summed E-state index contributed by atoms with van der Waals surface area (Å²) in [7, 11) is 0. The van der Waals surface area contributed by atoms with Gasteiger partial charge in [0.15, 0.2) is 0 Å². The number of rotatable bonds is 7. The van der Waals surface area contributed by atoms with E-state index in [9.17, 15) is 14.4 Å². The van der Waals surface area contributed by atoms with Crippen LogP contribution in [0, 0.1) is 0 Å². The van der Waals surface area contributed by atoms with E-state index >= 15 is 0 Å². The maximum absolute atomic E-state index is 12.4. The number of anilines is 2. The molecule has 0 aliphatic rings. The third-order valence-electron chi connectivity index (χ3n) is 3.94. The molecule has 2 aromatic carbocycles. The van der Waals surface area contributed by atoms with Crippen LogP contribution in [0.25, 0.3) is 5.69 Å². The summed E-state index contributed by atoms with van der Waals surface area (Å²) < 4.78 is 1.70. The molecule has 1 heterocycles. The molecular weight excluding hydrogens is 370 g/mol. The summed E-state index contributed by atoms with van der Waals surface area (Å²) in [6.45, 7) is 3.16. The highest BCUT2D eigenvalue weighted by molar-refractivity contribution is 6.07. The molecule has 146 valence electrons. The van der Waals surface area contributed by atoms with Crippen molar-refractivity contribution in [1.82, 2.24) is 15.1 Å². The summed E-state index contributed by atoms with van der Waals surface area (Å²) in [6, 6.07) is 15.5. The van der Waals surface area contributed by atoms with Crippen molar-refractivity contribution in [1.29, 1.82) is 0 Å². The predicted molar refractivity (Wildman–Crippen MR) is 110 cm³/mol. The summed E-state index contributed by atoms with van der Waals surface area (Å²) in [5.74, 6) is -1.28. The molecule has 0 aliphatic heterocycles. The van der Waals surface area contributed by atoms with Crippen molar-refractivity contribution in [2.75, 3.05) is 17.2 Å². The Morgan fingerprint density at radius 3 is 2.45 bits per heavy atom. The number of amides is 3. The molecule has 8 nitrogen and oxygen atoms in total. The highest BCUT2D eigenvalue weighted by atomic mass is 16.2. The van der Waals surface area contributed by atoms with Gasteiger partial charge in [0.05, 0.1) is 23.5 Å². The van der Waals surface area contributed by atoms with Crippen molar-refractivity contribution >= 4 is 29.1 Å². The molecule has 0 aliphatic carbocycles. The average molecular weight is 389 g/mol. The first-order chi connectivity index (χ1) is 14.1. The highest BCUT2D eigenvalue weighted by Crippen LogP contribution is 2.15. The maximum atomic E-state index is 12.4. The Bertz CT molecular complexity index is 1030. The largest absolute Gasteiger partial charge is 0.343 e. The van der Waals surface area contributed by atoms with Gasteiger partial charge in [-0.2, -0.15) is 5.10 Å². The number of nitrogens with one attached hydrogen (secondary N) is 3. The summed E-state index contributed by atoms with van der Waals surface area (Å²) in [6.07, 6.45) is 4.61. The number of hydrogen-bond acceptors (Lipinski definition) is 4. The lowest BCUT2D eigenvalue weighted by molar-refractivity contribution is -0.115. The molecule has 3 amide bonds. The molecule has 29 heavy (non-hydrogen) atoms. The topological polar surface area (TPSA) is 105 Å². The van der Waals surface area contributed by atoms with Crippen LogP contribution in [-0.4, -0.2) is 34.0 Å². The van der Waals surface area contributed by atoms with E-state index in [1.165, 1.54) is 0 Å². The standard InChI is InChI=1S/C21H19N5O3/c1-2-19(27)25-18-7-4-3-6-17(18)21(29)22-14-20(28)24-15-8-10-16(11-9-15)26-13-5-12-23-26/h2-13H,1,14H2,(H,22,29)(H,24,28)(H,25,27). The molecule has 1 aromatic heterocycles. The number of nitrogens with zero attached hydrogens (tertiary/aromatic N) is 2. The molecule has 8 heteroatoms. The first-order valence-electron chi connectivity index (χ1n) is 8.77. The van der Waals surface area contributed by atoms with E-state index < -0.39 is 11.8 Å². The van der Waals surface area contributed by atoms with E-state index in [2.05, 4.69) is 27.6 Å². The Morgan fingerprint density at radius 1 is 1.00 bits per heavy atom. The van der Waals surface area contributed by atoms with Crippen molar-refractivity contribution in [2.24, 2.45) is 0 Å². The fourth-order valence-electron chi connectivity index (χ4n) is 2.55. The molecule has 0 radical (unpaired) electrons. The van der Waals surface area contributed by atoms with Gasteiger partial charge in [0.1, 0.15) is 0 Å². The Kier molecular flexibility index (Phi) is 6.16. The van der Waals surface area contributed by atoms with Crippen molar-refractivity contribution in [3.8, 4) is 5.69 Å². The van der Waals surface area contributed by atoms with Gasteiger partial charge in [-0.25, -0.2) is 4.68 Å². The van der Waals surface area contributed by atoms with Gasteiger partial charge in [0.25, 0.3) is 5.91 Å². The van der Waals surface area contributed by atoms with Crippen LogP contribution >= 0.6 is 0 Å². The van der Waals surface area contributed by atoms with Gasteiger partial charge in [-0.1, -0.05) is 18.7 Å². The van der Waals surface area contributed by atoms with E-state index in [0.29, 0.717) is 11.4 Å². The summed E-state index contributed by atoms with van der Waals surface area (Å²) in [5, 5.41) is 11.9. The summed E-state index contributed by atoms with van der Waals surface area (Å²) in [5.41, 5.74) is 2.04. The van der Waals surface area contributed by atoms with E-state index in [-0.39, 0.29) is 18.0 Å². The van der Waals surface area contributed by atoms with Crippen LogP contribution < -0.4 is 16.0 Å². The SMILES string of the molecule is C=CC(=O)Nc1ccccc1C(=O)NCC(=O)Nc1ccc(-n2cccn2)cc1. The molecule has 3 N–H and O–H groups in total. The Labute approximate surface area is 167 Å². The number of benzene rings is 2. The third kappa shape index (κ3) is 5.16. The van der Waals surface area contributed by atoms with E-state index in [1.807, 2.05) is 24.4 Å². The first-order valence-corrected chi connectivity index (χ1v) is 8.77. The van der Waals surface area contributed by atoms with E-state index in [0.717, 1.165) is 11.8 Å². The number of hydrogen-bond donors (Lipinski definition) is 3. The molecule has 0 saturated carbocycles. The van der Waals surface area contributed by atoms with Gasteiger partial charge in [-0.3, -0.25) is 14.4 Å². The average Bonchev–Trinajstić information content (AvgIpc) is 3.28. The summed E-state index contributed by atoms with van der Waals surface area (Å²) in [4.78, 5) is 36.0. The van der Waals surface area contributed by atoms with Crippen LogP contribution in [0.1, 0.15) is 10.4 Å². The molecule has 3 rings (SSSR count). The Morgan fingerprint density at radius 2 is 1.76 bits per heavy atom. The number of carbonyl (C=O) groups excluding carboxylic acids is 3. The predicted octanol–water partition coefficient (Wildman–Crippen LogP) is 2.37. The molecule has 0 fully saturated rings. The van der Waals surface area contributed by atoms with Gasteiger partial charge in [-0.05, 0) is 48.5 Å². The Balaban J connectivity index is 1.56. The highest BCUT2D eigenvalue weighted by Gasteiger charge is 2.13. The fourth-order valence-corrected chi connectivity index (χ4v) is 2.55. The molecule has 0 unspecified atom stereocenters. The second-order valence-electron chi connectivity index (χ2n) is 5.97. The minimum Gasteiger partial charge on any atom is -0.343 e. The van der Waals surface area contributed by atoms with E-state index in [1.54, 1.807) is 47.3 Å². The molecule has 0 atom stereocenters. The number of carbonyl (C=O) groups is 3. The van der Waals surface area contributed by atoms with Crippen LogP contribution in [0.4, 0.5) is 11.4 Å². The second-order valence-corrected chi connectivity index (χ2v) is 5.97. The number of para-hydroxylation sites is 1. The minimum absolute atomic E-state index is 0.219. The minimum atomic E-state index is -0.478. The number of aromatic nitrogens is 2. The van der Waals surface area contributed by atoms with Crippen molar-refractivity contribution < 1.29 is 14.4 Å². The normalized spacial score (nSPS) is 10.1. The third-order valence-corrected chi connectivity index (χ3v) is 3.94. The van der Waals surface area contributed by atoms with Crippen LogP contribution in [0.15, 0.2) is 79.6 Å². The maximum Gasteiger partial charge on any atom is 0.253 e. The smallest absolute Gasteiger partial charge is 0.253 e. The molecular formula is C21H19N5O3. The second kappa shape index (κ2) is 9.14. The van der Waals surface area contributed by atoms with Crippen LogP contribution in [-0.2, 0) is 9.59 Å². The van der Waals surface area contributed by atoms with Crippen molar-refractivity contribution in [3.05, 3.63) is 85.2 Å². The lowest BCUT2D eigenvalue weighted by atomic mass is 10.1. The zero-order valence-corrected chi connectivity index (χ0v) is 15.5. The van der Waals surface area contributed by atoms with Crippen molar-refractivity contribution in [3.63, 3.8) is 0 Å². The van der Waals surface area contributed by atoms with Gasteiger partial charge in [0, 0.05) is 18.1 Å². The van der Waals surface area contributed by atoms with Gasteiger partial charge in [0.2, 0.25) is 11.8 Å². The lowest BCUT2D eigenvalue weighted by Gasteiger charge is -2.11. The molecule has 0 bridgehead atoms. The Hall–Kier alpha value is -4.20. The van der Waals surface area contributed by atoms with Crippen LogP contribution in [0.3, 0.4) is 0 Å². The lowest BCUT2D eigenvalue weighted by Crippen LogP contribution is -2.33. The zero-order chi connectivity index (χ0) is 20.6. The molecule has 0 saturated heterocycles. The van der Waals surface area contributed by atoms with Gasteiger partial charge < -0.3 is 16.0 Å².